The highest BCUT2D eigenvalue weighted by molar-refractivity contribution is 5.93. The number of carbonyl (C=O) groups is 3. The quantitative estimate of drug-likeness (QED) is 0.616. The number of likely N-dealkylation sites (N-methyl/N-ethyl adjacent to an activating group) is 1. The van der Waals surface area contributed by atoms with E-state index in [-0.39, 0.29) is 31.5 Å². The van der Waals surface area contributed by atoms with Gasteiger partial charge in [0.1, 0.15) is 6.61 Å². The van der Waals surface area contributed by atoms with Crippen LogP contribution in [-0.2, 0) is 14.3 Å². The largest absolute Gasteiger partial charge is 0.481 e. The summed E-state index contributed by atoms with van der Waals surface area (Å²) in [6.07, 6.45) is 1.03. The predicted octanol–water partition coefficient (Wildman–Crippen LogP) is 3.65. The number of nitrogens with zero attached hydrogens (tertiary/aromatic N) is 1. The van der Waals surface area contributed by atoms with Crippen LogP contribution in [0.25, 0.3) is 11.1 Å². The topological polar surface area (TPSA) is 95.9 Å². The minimum Gasteiger partial charge on any atom is -0.481 e. The maximum atomic E-state index is 12.3. The molecule has 0 radical (unpaired) electrons. The van der Waals surface area contributed by atoms with Gasteiger partial charge in [-0.15, -0.1) is 0 Å². The summed E-state index contributed by atoms with van der Waals surface area (Å²) in [6.45, 7) is 3.64. The Morgan fingerprint density at radius 1 is 1.09 bits per heavy atom. The fourth-order valence-corrected chi connectivity index (χ4v) is 3.90. The first-order valence-corrected chi connectivity index (χ1v) is 10.5. The maximum absolute atomic E-state index is 12.3. The Hall–Kier alpha value is -3.61. The van der Waals surface area contributed by atoms with Crippen LogP contribution in [0.3, 0.4) is 0 Å². The highest BCUT2D eigenvalue weighted by Gasteiger charge is 2.29. The number of aliphatic carboxylic acids is 1. The van der Waals surface area contributed by atoms with Gasteiger partial charge in [-0.1, -0.05) is 61.5 Å². The summed E-state index contributed by atoms with van der Waals surface area (Å²) in [5.74, 6) is -1.91. The van der Waals surface area contributed by atoms with E-state index in [1.54, 1.807) is 27.0 Å². The number of fused-ring (bicyclic) bond motifs is 3. The van der Waals surface area contributed by atoms with Crippen LogP contribution >= 0.6 is 0 Å². The molecule has 0 spiro atoms. The lowest BCUT2D eigenvalue weighted by Crippen LogP contribution is -2.34. The summed E-state index contributed by atoms with van der Waals surface area (Å²) >= 11 is 0. The first-order valence-electron chi connectivity index (χ1n) is 10.5. The summed E-state index contributed by atoms with van der Waals surface area (Å²) < 4.78 is 5.47. The molecule has 1 aliphatic rings. The van der Waals surface area contributed by atoms with E-state index in [2.05, 4.69) is 29.6 Å². The van der Waals surface area contributed by atoms with Crippen molar-refractivity contribution in [2.24, 2.45) is 5.92 Å². The zero-order chi connectivity index (χ0) is 23.3. The van der Waals surface area contributed by atoms with Crippen molar-refractivity contribution in [2.75, 3.05) is 26.7 Å². The molecule has 2 aromatic carbocycles. The minimum atomic E-state index is -0.955. The van der Waals surface area contributed by atoms with Gasteiger partial charge in [0, 0.05) is 31.6 Å². The van der Waals surface area contributed by atoms with Crippen LogP contribution < -0.4 is 5.32 Å². The number of nitrogens with one attached hydrogen (secondary N) is 1. The van der Waals surface area contributed by atoms with Crippen LogP contribution in [-0.4, -0.2) is 54.7 Å². The summed E-state index contributed by atoms with van der Waals surface area (Å²) in [7, 11) is 1.55. The fraction of sp³-hybridized carbons (Fsp3) is 0.320. The lowest BCUT2D eigenvalue weighted by molar-refractivity contribution is -0.142. The number of hydrogen-bond acceptors (Lipinski definition) is 4. The molecule has 0 heterocycles. The van der Waals surface area contributed by atoms with Crippen LogP contribution in [0.1, 0.15) is 30.9 Å². The standard InChI is InChI=1S/C25H28N2O5/c1-16(23(28)27(3)14-17(2)24(29)30)12-13-26-25(31)32-15-22-20-10-6-4-8-18(20)19-9-5-7-11-21(19)22/h4-12,17,22H,13-15H2,1-3H3,(H,26,31)(H,29,30)/b16-12+. The van der Waals surface area contributed by atoms with Gasteiger partial charge in [-0.2, -0.15) is 0 Å². The summed E-state index contributed by atoms with van der Waals surface area (Å²) in [5.41, 5.74) is 5.03. The van der Waals surface area contributed by atoms with Gasteiger partial charge < -0.3 is 20.1 Å². The number of carbonyl (C=O) groups excluding carboxylic acids is 2. The average molecular weight is 437 g/mol. The van der Waals surface area contributed by atoms with Gasteiger partial charge in [0.05, 0.1) is 5.92 Å². The van der Waals surface area contributed by atoms with Crippen LogP contribution in [0.2, 0.25) is 0 Å². The molecule has 1 aliphatic carbocycles. The van der Waals surface area contributed by atoms with Gasteiger partial charge in [-0.3, -0.25) is 9.59 Å². The molecule has 2 amide bonds. The van der Waals surface area contributed by atoms with Crippen LogP contribution in [0, 0.1) is 5.92 Å². The number of carboxylic acids is 1. The molecule has 0 fully saturated rings. The predicted molar refractivity (Wildman–Crippen MR) is 121 cm³/mol. The SMILES string of the molecule is C/C(=C\CNC(=O)OCC1c2ccccc2-c2ccccc21)C(=O)N(C)CC(C)C(=O)O. The Morgan fingerprint density at radius 3 is 2.22 bits per heavy atom. The molecule has 3 rings (SSSR count). The Morgan fingerprint density at radius 2 is 1.66 bits per heavy atom. The van der Waals surface area contributed by atoms with Crippen molar-refractivity contribution in [3.05, 3.63) is 71.3 Å². The van der Waals surface area contributed by atoms with Crippen molar-refractivity contribution < 1.29 is 24.2 Å². The third-order valence-electron chi connectivity index (χ3n) is 5.65. The molecule has 2 N–H and O–H groups in total. The molecule has 168 valence electrons. The summed E-state index contributed by atoms with van der Waals surface area (Å²) in [4.78, 5) is 36.8. The molecule has 1 unspecified atom stereocenters. The van der Waals surface area contributed by atoms with Crippen molar-refractivity contribution in [1.82, 2.24) is 10.2 Å². The van der Waals surface area contributed by atoms with Gasteiger partial charge in [-0.05, 0) is 29.2 Å². The Bertz CT molecular complexity index is 1000. The lowest BCUT2D eigenvalue weighted by atomic mass is 9.98. The number of ether oxygens (including phenoxy) is 1. The number of carboxylic acid groups (broad SMARTS) is 1. The van der Waals surface area contributed by atoms with E-state index >= 15 is 0 Å². The van der Waals surface area contributed by atoms with Gasteiger partial charge in [0.15, 0.2) is 0 Å². The van der Waals surface area contributed by atoms with Gasteiger partial charge in [-0.25, -0.2) is 4.79 Å². The molecular formula is C25H28N2O5. The molecule has 0 saturated carbocycles. The van der Waals surface area contributed by atoms with Crippen molar-refractivity contribution in [3.63, 3.8) is 0 Å². The first-order chi connectivity index (χ1) is 15.3. The third kappa shape index (κ3) is 5.17. The lowest BCUT2D eigenvalue weighted by Gasteiger charge is -2.19. The van der Waals surface area contributed by atoms with E-state index in [1.807, 2.05) is 24.3 Å². The molecule has 7 nitrogen and oxygen atoms in total. The van der Waals surface area contributed by atoms with E-state index in [1.165, 1.54) is 4.90 Å². The van der Waals surface area contributed by atoms with Crippen molar-refractivity contribution >= 4 is 18.0 Å². The number of amides is 2. The number of rotatable bonds is 8. The second kappa shape index (κ2) is 10.1. The monoisotopic (exact) mass is 436 g/mol. The molecule has 0 aromatic heterocycles. The van der Waals surface area contributed by atoms with E-state index in [0.29, 0.717) is 5.57 Å². The summed E-state index contributed by atoms with van der Waals surface area (Å²) in [5, 5.41) is 11.6. The molecule has 0 aliphatic heterocycles. The Labute approximate surface area is 187 Å². The Kier molecular flexibility index (Phi) is 7.30. The Balaban J connectivity index is 1.52. The first kappa shape index (κ1) is 23.1. The van der Waals surface area contributed by atoms with Crippen LogP contribution in [0.4, 0.5) is 4.79 Å². The smallest absolute Gasteiger partial charge is 0.407 e. The average Bonchev–Trinajstić information content (AvgIpc) is 3.10. The second-order valence-corrected chi connectivity index (χ2v) is 8.02. The highest BCUT2D eigenvalue weighted by Crippen LogP contribution is 2.44. The van der Waals surface area contributed by atoms with Gasteiger partial charge in [0.25, 0.3) is 0 Å². The highest BCUT2D eigenvalue weighted by atomic mass is 16.5. The molecule has 7 heteroatoms. The third-order valence-corrected chi connectivity index (χ3v) is 5.65. The van der Waals surface area contributed by atoms with Gasteiger partial charge in [0.2, 0.25) is 5.91 Å². The molecule has 1 atom stereocenters. The van der Waals surface area contributed by atoms with Crippen LogP contribution in [0.5, 0.6) is 0 Å². The zero-order valence-corrected chi connectivity index (χ0v) is 18.5. The van der Waals surface area contributed by atoms with E-state index in [0.717, 1.165) is 22.3 Å². The van der Waals surface area contributed by atoms with Crippen molar-refractivity contribution in [1.29, 1.82) is 0 Å². The second-order valence-electron chi connectivity index (χ2n) is 8.02. The number of hydrogen-bond donors (Lipinski definition) is 2. The normalized spacial score (nSPS) is 13.7. The summed E-state index contributed by atoms with van der Waals surface area (Å²) in [6, 6.07) is 16.2. The molecule has 2 aromatic rings. The van der Waals surface area contributed by atoms with E-state index in [9.17, 15) is 14.4 Å². The zero-order valence-electron chi connectivity index (χ0n) is 18.5. The molecular weight excluding hydrogens is 408 g/mol. The van der Waals surface area contributed by atoms with Crippen LogP contribution in [0.15, 0.2) is 60.2 Å². The molecule has 0 bridgehead atoms. The minimum absolute atomic E-state index is 0.0168. The fourth-order valence-electron chi connectivity index (χ4n) is 3.90. The van der Waals surface area contributed by atoms with E-state index < -0.39 is 18.0 Å². The molecule has 32 heavy (non-hydrogen) atoms. The molecule has 0 saturated heterocycles. The van der Waals surface area contributed by atoms with Crippen molar-refractivity contribution in [3.8, 4) is 11.1 Å². The van der Waals surface area contributed by atoms with Crippen molar-refractivity contribution in [2.45, 2.75) is 19.8 Å². The van der Waals surface area contributed by atoms with Gasteiger partial charge >= 0.3 is 12.1 Å². The number of alkyl carbamates (subject to hydrolysis) is 1. The van der Waals surface area contributed by atoms with E-state index in [4.69, 9.17) is 9.84 Å². The maximum Gasteiger partial charge on any atom is 0.407 e. The number of benzene rings is 2.